The van der Waals surface area contributed by atoms with Crippen LogP contribution in [0.5, 0.6) is 0 Å². The molecule has 0 bridgehead atoms. The number of hydrogen-bond donors (Lipinski definition) is 1. The fourth-order valence-corrected chi connectivity index (χ4v) is 1.78. The highest BCUT2D eigenvalue weighted by Crippen LogP contribution is 2.33. The van der Waals surface area contributed by atoms with Crippen LogP contribution in [-0.2, 0) is 4.74 Å². The molecule has 0 aromatic heterocycles. The van der Waals surface area contributed by atoms with Crippen molar-refractivity contribution in [3.63, 3.8) is 0 Å². The van der Waals surface area contributed by atoms with E-state index in [1.54, 1.807) is 0 Å². The molecule has 0 aliphatic carbocycles. The fourth-order valence-electron chi connectivity index (χ4n) is 1.17. The van der Waals surface area contributed by atoms with Gasteiger partial charge in [-0.3, -0.25) is 0 Å². The van der Waals surface area contributed by atoms with Gasteiger partial charge in [0.15, 0.2) is 0 Å². The summed E-state index contributed by atoms with van der Waals surface area (Å²) in [6.07, 6.45) is -0.481. The van der Waals surface area contributed by atoms with Crippen LogP contribution in [0.25, 0.3) is 0 Å². The van der Waals surface area contributed by atoms with Crippen LogP contribution in [0.2, 0.25) is 10.0 Å². The number of hydrogen-bond acceptors (Lipinski definition) is 2. The van der Waals surface area contributed by atoms with Crippen molar-refractivity contribution < 1.29 is 9.13 Å². The molecule has 0 amide bonds. The van der Waals surface area contributed by atoms with Gasteiger partial charge in [-0.15, -0.1) is 0 Å². The van der Waals surface area contributed by atoms with E-state index in [1.807, 2.05) is 0 Å². The summed E-state index contributed by atoms with van der Waals surface area (Å²) in [6.45, 7) is 0.194. The van der Waals surface area contributed by atoms with Crippen molar-refractivity contribution in [1.82, 2.24) is 0 Å². The fraction of sp³-hybridized carbons (Fsp3) is 0.333. The lowest BCUT2D eigenvalue weighted by atomic mass is 10.1. The van der Waals surface area contributed by atoms with Gasteiger partial charge >= 0.3 is 0 Å². The molecule has 14 heavy (non-hydrogen) atoms. The Balaban J connectivity index is 3.23. The summed E-state index contributed by atoms with van der Waals surface area (Å²) in [5.74, 6) is -0.526. The minimum absolute atomic E-state index is 0.0326. The zero-order valence-corrected chi connectivity index (χ0v) is 9.07. The Morgan fingerprint density at radius 1 is 1.50 bits per heavy atom. The topological polar surface area (TPSA) is 35.2 Å². The molecule has 0 heterocycles. The van der Waals surface area contributed by atoms with E-state index in [0.29, 0.717) is 10.6 Å². The van der Waals surface area contributed by atoms with Crippen molar-refractivity contribution in [3.8, 4) is 0 Å². The van der Waals surface area contributed by atoms with Crippen molar-refractivity contribution >= 4 is 23.2 Å². The molecule has 1 aromatic rings. The lowest BCUT2D eigenvalue weighted by molar-refractivity contribution is 0.110. The van der Waals surface area contributed by atoms with Crippen LogP contribution in [0.3, 0.4) is 0 Å². The first-order chi connectivity index (χ1) is 6.61. The second-order valence-electron chi connectivity index (χ2n) is 2.72. The van der Waals surface area contributed by atoms with Crippen LogP contribution in [0, 0.1) is 5.82 Å². The Morgan fingerprint density at radius 3 is 2.64 bits per heavy atom. The highest BCUT2D eigenvalue weighted by Gasteiger charge is 2.18. The third-order valence-corrected chi connectivity index (χ3v) is 2.61. The lowest BCUT2D eigenvalue weighted by Gasteiger charge is -2.16. The molecule has 78 valence electrons. The number of nitrogens with two attached hydrogens (primary N) is 1. The van der Waals surface area contributed by atoms with Crippen LogP contribution in [0.4, 0.5) is 4.39 Å². The van der Waals surface area contributed by atoms with Crippen molar-refractivity contribution in [1.29, 1.82) is 0 Å². The van der Waals surface area contributed by atoms with E-state index < -0.39 is 11.9 Å². The minimum atomic E-state index is -0.526. The first-order valence-electron chi connectivity index (χ1n) is 3.98. The Morgan fingerprint density at radius 2 is 2.14 bits per heavy atom. The van der Waals surface area contributed by atoms with Gasteiger partial charge in [0.2, 0.25) is 0 Å². The molecular formula is C9H10Cl2FNO. The van der Waals surface area contributed by atoms with Gasteiger partial charge in [0, 0.05) is 24.2 Å². The molecule has 2 N–H and O–H groups in total. The van der Waals surface area contributed by atoms with Gasteiger partial charge in [0.25, 0.3) is 0 Å². The smallest absolute Gasteiger partial charge is 0.142 e. The summed E-state index contributed by atoms with van der Waals surface area (Å²) >= 11 is 11.6. The average Bonchev–Trinajstić information content (AvgIpc) is 2.19. The molecule has 0 fully saturated rings. The first-order valence-corrected chi connectivity index (χ1v) is 4.73. The Labute approximate surface area is 91.8 Å². The zero-order chi connectivity index (χ0) is 10.7. The quantitative estimate of drug-likeness (QED) is 0.821. The molecular weight excluding hydrogens is 228 g/mol. The highest BCUT2D eigenvalue weighted by molar-refractivity contribution is 6.36. The van der Waals surface area contributed by atoms with E-state index in [9.17, 15) is 4.39 Å². The standard InChI is InChI=1S/C9H10Cl2FNO/c1-14-7(4-13)8-5(10)2-3-6(12)9(8)11/h2-3,7H,4,13H2,1H3. The van der Waals surface area contributed by atoms with Gasteiger partial charge in [-0.05, 0) is 12.1 Å². The molecule has 0 aliphatic rings. The summed E-state index contributed by atoms with van der Waals surface area (Å²) in [4.78, 5) is 0. The summed E-state index contributed by atoms with van der Waals surface area (Å²) in [5.41, 5.74) is 5.84. The van der Waals surface area contributed by atoms with Gasteiger partial charge in [0.1, 0.15) is 5.82 Å². The van der Waals surface area contributed by atoms with Crippen molar-refractivity contribution in [2.75, 3.05) is 13.7 Å². The third kappa shape index (κ3) is 2.17. The summed E-state index contributed by atoms with van der Waals surface area (Å²) in [7, 11) is 1.47. The van der Waals surface area contributed by atoms with Crippen LogP contribution < -0.4 is 5.73 Å². The Kier molecular flexibility index (Phi) is 4.13. The normalized spacial score (nSPS) is 12.9. The SMILES string of the molecule is COC(CN)c1c(Cl)ccc(F)c1Cl. The van der Waals surface area contributed by atoms with E-state index >= 15 is 0 Å². The van der Waals surface area contributed by atoms with Gasteiger partial charge in [-0.2, -0.15) is 0 Å². The van der Waals surface area contributed by atoms with Crippen LogP contribution in [-0.4, -0.2) is 13.7 Å². The largest absolute Gasteiger partial charge is 0.375 e. The monoisotopic (exact) mass is 237 g/mol. The van der Waals surface area contributed by atoms with Crippen LogP contribution in [0.15, 0.2) is 12.1 Å². The molecule has 2 nitrogen and oxygen atoms in total. The van der Waals surface area contributed by atoms with Crippen LogP contribution in [0.1, 0.15) is 11.7 Å². The highest BCUT2D eigenvalue weighted by atomic mass is 35.5. The maximum absolute atomic E-state index is 13.1. The zero-order valence-electron chi connectivity index (χ0n) is 7.56. The lowest BCUT2D eigenvalue weighted by Crippen LogP contribution is -2.15. The molecule has 0 aliphatic heterocycles. The summed E-state index contributed by atoms with van der Waals surface area (Å²) < 4.78 is 18.1. The molecule has 1 aromatic carbocycles. The minimum Gasteiger partial charge on any atom is -0.375 e. The summed E-state index contributed by atoms with van der Waals surface area (Å²) in [5, 5.41) is 0.323. The third-order valence-electron chi connectivity index (χ3n) is 1.90. The summed E-state index contributed by atoms with van der Waals surface area (Å²) in [6, 6.07) is 2.64. The second kappa shape index (κ2) is 4.94. The van der Waals surface area contributed by atoms with Crippen molar-refractivity contribution in [2.45, 2.75) is 6.10 Å². The first kappa shape index (κ1) is 11.7. The molecule has 0 radical (unpaired) electrons. The molecule has 0 saturated carbocycles. The molecule has 5 heteroatoms. The average molecular weight is 238 g/mol. The number of benzene rings is 1. The number of ether oxygens (including phenoxy) is 1. The molecule has 1 rings (SSSR count). The molecule has 1 atom stereocenters. The maximum Gasteiger partial charge on any atom is 0.142 e. The van der Waals surface area contributed by atoms with Gasteiger partial charge in [-0.25, -0.2) is 4.39 Å². The van der Waals surface area contributed by atoms with Crippen molar-refractivity contribution in [3.05, 3.63) is 33.6 Å². The van der Waals surface area contributed by atoms with E-state index in [2.05, 4.69) is 0 Å². The maximum atomic E-state index is 13.1. The Hall–Kier alpha value is -0.350. The number of rotatable bonds is 3. The van der Waals surface area contributed by atoms with E-state index in [-0.39, 0.29) is 11.6 Å². The van der Waals surface area contributed by atoms with Gasteiger partial charge in [-0.1, -0.05) is 23.2 Å². The van der Waals surface area contributed by atoms with E-state index in [1.165, 1.54) is 19.2 Å². The molecule has 1 unspecified atom stereocenters. The van der Waals surface area contributed by atoms with E-state index in [0.717, 1.165) is 0 Å². The number of methoxy groups -OCH3 is 1. The predicted molar refractivity (Wildman–Crippen MR) is 55.2 cm³/mol. The van der Waals surface area contributed by atoms with Crippen LogP contribution >= 0.6 is 23.2 Å². The predicted octanol–water partition coefficient (Wildman–Crippen LogP) is 2.78. The Bertz CT molecular complexity index is 329. The van der Waals surface area contributed by atoms with E-state index in [4.69, 9.17) is 33.7 Å². The van der Waals surface area contributed by atoms with Gasteiger partial charge in [0.05, 0.1) is 11.1 Å². The van der Waals surface area contributed by atoms with Gasteiger partial charge < -0.3 is 10.5 Å². The molecule has 0 spiro atoms. The van der Waals surface area contributed by atoms with Crippen molar-refractivity contribution in [2.24, 2.45) is 5.73 Å². The second-order valence-corrected chi connectivity index (χ2v) is 3.50. The molecule has 0 saturated heterocycles. The number of halogens is 3.